The van der Waals surface area contributed by atoms with Crippen molar-refractivity contribution < 1.29 is 4.42 Å². The van der Waals surface area contributed by atoms with Crippen molar-refractivity contribution >= 4 is 38.9 Å². The van der Waals surface area contributed by atoms with Gasteiger partial charge in [-0.1, -0.05) is 0 Å². The molecule has 0 saturated heterocycles. The normalized spacial score (nSPS) is 10.9. The molecule has 0 radical (unpaired) electrons. The minimum Gasteiger partial charge on any atom is -0.440 e. The van der Waals surface area contributed by atoms with E-state index in [1.165, 1.54) is 5.56 Å². The van der Waals surface area contributed by atoms with Gasteiger partial charge in [-0.3, -0.25) is 0 Å². The van der Waals surface area contributed by atoms with E-state index in [2.05, 4.69) is 33.9 Å². The van der Waals surface area contributed by atoms with E-state index >= 15 is 0 Å². The molecule has 0 unspecified atom stereocenters. The predicted octanol–water partition coefficient (Wildman–Crippen LogP) is 4.65. The first-order chi connectivity index (χ1) is 7.70. The van der Waals surface area contributed by atoms with Gasteiger partial charge in [-0.05, 0) is 40.9 Å². The first kappa shape index (κ1) is 12.1. The molecule has 0 aliphatic heterocycles. The van der Waals surface area contributed by atoms with Gasteiger partial charge in [-0.15, -0.1) is 22.9 Å². The topological polar surface area (TPSA) is 26.0 Å². The number of thiophene rings is 1. The Morgan fingerprint density at radius 1 is 1.56 bits per heavy atom. The summed E-state index contributed by atoms with van der Waals surface area (Å²) in [6.07, 6.45) is 3.48. The minimum atomic E-state index is 0.640. The SMILES string of the molecule is Cc1cc(-c2cnc(CCCCl)o2)sc1Br. The number of oxazole rings is 1. The lowest BCUT2D eigenvalue weighted by molar-refractivity contribution is 0.504. The van der Waals surface area contributed by atoms with Crippen LogP contribution in [0.2, 0.25) is 0 Å². The zero-order valence-corrected chi connectivity index (χ0v) is 12.0. The lowest BCUT2D eigenvalue weighted by Crippen LogP contribution is -1.84. The number of halogens is 2. The Kier molecular flexibility index (Phi) is 4.05. The van der Waals surface area contributed by atoms with Crippen LogP contribution in [0.3, 0.4) is 0 Å². The number of aromatic nitrogens is 1. The Morgan fingerprint density at radius 2 is 2.38 bits per heavy atom. The average molecular weight is 321 g/mol. The largest absolute Gasteiger partial charge is 0.440 e. The van der Waals surface area contributed by atoms with Gasteiger partial charge in [0.1, 0.15) is 0 Å². The Bertz CT molecular complexity index is 461. The molecule has 2 aromatic heterocycles. The number of rotatable bonds is 4. The van der Waals surface area contributed by atoms with E-state index < -0.39 is 0 Å². The molecule has 0 bridgehead atoms. The fourth-order valence-corrected chi connectivity index (χ4v) is 2.95. The van der Waals surface area contributed by atoms with Crippen LogP contribution in [0.1, 0.15) is 17.9 Å². The van der Waals surface area contributed by atoms with Crippen molar-refractivity contribution in [3.05, 3.63) is 27.5 Å². The zero-order valence-electron chi connectivity index (χ0n) is 8.80. The molecular weight excluding hydrogens is 310 g/mol. The molecular formula is C11H11BrClNOS. The molecule has 2 heterocycles. The van der Waals surface area contributed by atoms with E-state index in [0.29, 0.717) is 5.88 Å². The highest BCUT2D eigenvalue weighted by molar-refractivity contribution is 9.11. The molecule has 5 heteroatoms. The van der Waals surface area contributed by atoms with Gasteiger partial charge in [-0.25, -0.2) is 4.98 Å². The van der Waals surface area contributed by atoms with Gasteiger partial charge in [0.15, 0.2) is 11.7 Å². The molecule has 86 valence electrons. The number of hydrogen-bond acceptors (Lipinski definition) is 3. The van der Waals surface area contributed by atoms with Crippen LogP contribution in [0, 0.1) is 6.92 Å². The minimum absolute atomic E-state index is 0.640. The molecule has 0 aliphatic carbocycles. The van der Waals surface area contributed by atoms with Crippen molar-refractivity contribution in [2.24, 2.45) is 0 Å². The third-order valence-electron chi connectivity index (χ3n) is 2.18. The van der Waals surface area contributed by atoms with Crippen molar-refractivity contribution in [2.45, 2.75) is 19.8 Å². The van der Waals surface area contributed by atoms with Crippen LogP contribution in [-0.4, -0.2) is 10.9 Å². The van der Waals surface area contributed by atoms with E-state index in [4.69, 9.17) is 16.0 Å². The Balaban J connectivity index is 2.18. The smallest absolute Gasteiger partial charge is 0.194 e. The number of hydrogen-bond donors (Lipinski definition) is 0. The summed E-state index contributed by atoms with van der Waals surface area (Å²) in [5.41, 5.74) is 1.22. The van der Waals surface area contributed by atoms with E-state index in [1.54, 1.807) is 17.5 Å². The second-order valence-corrected chi connectivity index (χ2v) is 6.23. The maximum absolute atomic E-state index is 5.66. The molecule has 0 aliphatic rings. The maximum atomic E-state index is 5.66. The summed E-state index contributed by atoms with van der Waals surface area (Å²) in [6, 6.07) is 2.10. The molecule has 0 aromatic carbocycles. The van der Waals surface area contributed by atoms with E-state index in [1.807, 2.05) is 0 Å². The van der Waals surface area contributed by atoms with Crippen LogP contribution in [-0.2, 0) is 6.42 Å². The van der Waals surface area contributed by atoms with Crippen LogP contribution in [0.15, 0.2) is 20.5 Å². The van der Waals surface area contributed by atoms with Gasteiger partial charge >= 0.3 is 0 Å². The summed E-state index contributed by atoms with van der Waals surface area (Å²) in [5, 5.41) is 0. The highest BCUT2D eigenvalue weighted by Crippen LogP contribution is 2.34. The Morgan fingerprint density at radius 3 is 3.00 bits per heavy atom. The summed E-state index contributed by atoms with van der Waals surface area (Å²) in [4.78, 5) is 5.34. The summed E-state index contributed by atoms with van der Waals surface area (Å²) in [7, 11) is 0. The maximum Gasteiger partial charge on any atom is 0.194 e. The lowest BCUT2D eigenvalue weighted by Gasteiger charge is -1.91. The fraction of sp³-hybridized carbons (Fsp3) is 0.364. The zero-order chi connectivity index (χ0) is 11.5. The first-order valence-electron chi connectivity index (χ1n) is 4.97. The van der Waals surface area contributed by atoms with Gasteiger partial charge in [0.05, 0.1) is 14.9 Å². The molecule has 0 N–H and O–H groups in total. The Labute approximate surface area is 112 Å². The molecule has 2 aromatic rings. The summed E-state index contributed by atoms with van der Waals surface area (Å²) in [6.45, 7) is 2.06. The van der Waals surface area contributed by atoms with E-state index in [-0.39, 0.29) is 0 Å². The van der Waals surface area contributed by atoms with Crippen molar-refractivity contribution in [3.8, 4) is 10.6 Å². The monoisotopic (exact) mass is 319 g/mol. The standard InChI is InChI=1S/C11H11BrClNOS/c1-7-5-9(16-11(7)12)8-6-14-10(15-8)3-2-4-13/h5-6H,2-4H2,1H3. The van der Waals surface area contributed by atoms with Crippen LogP contribution in [0.25, 0.3) is 10.6 Å². The van der Waals surface area contributed by atoms with Crippen LogP contribution in [0.4, 0.5) is 0 Å². The number of alkyl halides is 1. The van der Waals surface area contributed by atoms with Gasteiger partial charge in [0.25, 0.3) is 0 Å². The van der Waals surface area contributed by atoms with Crippen molar-refractivity contribution in [1.29, 1.82) is 0 Å². The summed E-state index contributed by atoms with van der Waals surface area (Å²) < 4.78 is 6.80. The quantitative estimate of drug-likeness (QED) is 0.767. The van der Waals surface area contributed by atoms with Gasteiger partial charge in [-0.2, -0.15) is 0 Å². The predicted molar refractivity (Wildman–Crippen MR) is 71.3 cm³/mol. The highest BCUT2D eigenvalue weighted by atomic mass is 79.9. The van der Waals surface area contributed by atoms with Crippen molar-refractivity contribution in [3.63, 3.8) is 0 Å². The number of aryl methyl sites for hydroxylation is 2. The van der Waals surface area contributed by atoms with Crippen LogP contribution < -0.4 is 0 Å². The lowest BCUT2D eigenvalue weighted by atomic mass is 10.3. The van der Waals surface area contributed by atoms with Crippen LogP contribution >= 0.6 is 38.9 Å². The van der Waals surface area contributed by atoms with Gasteiger partial charge < -0.3 is 4.42 Å². The van der Waals surface area contributed by atoms with E-state index in [9.17, 15) is 0 Å². The van der Waals surface area contributed by atoms with Crippen LogP contribution in [0.5, 0.6) is 0 Å². The number of nitrogens with zero attached hydrogens (tertiary/aromatic N) is 1. The van der Waals surface area contributed by atoms with Crippen molar-refractivity contribution in [2.75, 3.05) is 5.88 Å². The third-order valence-corrected chi connectivity index (χ3v) is 4.60. The molecule has 2 rings (SSSR count). The van der Waals surface area contributed by atoms with Gasteiger partial charge in [0.2, 0.25) is 0 Å². The molecule has 16 heavy (non-hydrogen) atoms. The Hall–Kier alpha value is -0.320. The first-order valence-corrected chi connectivity index (χ1v) is 7.12. The molecule has 0 amide bonds. The van der Waals surface area contributed by atoms with E-state index in [0.717, 1.165) is 33.2 Å². The second-order valence-electron chi connectivity index (χ2n) is 3.48. The molecule has 2 nitrogen and oxygen atoms in total. The third kappa shape index (κ3) is 2.67. The summed E-state index contributed by atoms with van der Waals surface area (Å²) >= 11 is 10.8. The molecule has 0 saturated carbocycles. The summed E-state index contributed by atoms with van der Waals surface area (Å²) in [5.74, 6) is 2.24. The molecule has 0 atom stereocenters. The average Bonchev–Trinajstić information content (AvgIpc) is 2.84. The highest BCUT2D eigenvalue weighted by Gasteiger charge is 2.10. The van der Waals surface area contributed by atoms with Crippen molar-refractivity contribution in [1.82, 2.24) is 4.98 Å². The molecule has 0 spiro atoms. The van der Waals surface area contributed by atoms with Gasteiger partial charge in [0, 0.05) is 12.3 Å². The fourth-order valence-electron chi connectivity index (χ4n) is 1.34. The second kappa shape index (κ2) is 5.34. The molecule has 0 fully saturated rings.